The van der Waals surface area contributed by atoms with Crippen LogP contribution in [0.4, 0.5) is 11.4 Å². The van der Waals surface area contributed by atoms with E-state index in [1.807, 2.05) is 36.4 Å². The number of nitrogens with zero attached hydrogens (tertiary/aromatic N) is 1. The number of sulfonamides is 1. The molecule has 0 atom stereocenters. The Morgan fingerprint density at radius 3 is 2.70 bits per heavy atom. The highest BCUT2D eigenvalue weighted by Crippen LogP contribution is 2.24. The van der Waals surface area contributed by atoms with Gasteiger partial charge in [0.1, 0.15) is 0 Å². The van der Waals surface area contributed by atoms with Gasteiger partial charge in [-0.15, -0.1) is 0 Å². The molecule has 2 aromatic carbocycles. The Labute approximate surface area is 182 Å². The van der Waals surface area contributed by atoms with E-state index in [2.05, 4.69) is 26.0 Å². The quantitative estimate of drug-likeness (QED) is 0.504. The van der Waals surface area contributed by atoms with Crippen molar-refractivity contribution in [3.05, 3.63) is 59.2 Å². The Morgan fingerprint density at radius 2 is 1.93 bits per heavy atom. The van der Waals surface area contributed by atoms with E-state index in [-0.39, 0.29) is 5.75 Å². The summed E-state index contributed by atoms with van der Waals surface area (Å²) in [6.45, 7) is 4.30. The molecule has 0 aliphatic carbocycles. The first-order valence-electron chi connectivity index (χ1n) is 10.3. The first kappa shape index (κ1) is 21.0. The summed E-state index contributed by atoms with van der Waals surface area (Å²) in [4.78, 5) is 5.75. The molecule has 4 rings (SSSR count). The van der Waals surface area contributed by atoms with Gasteiger partial charge in [-0.3, -0.25) is 4.72 Å². The molecule has 1 fully saturated rings. The van der Waals surface area contributed by atoms with Gasteiger partial charge in [0.25, 0.3) is 0 Å². The third-order valence-electron chi connectivity index (χ3n) is 5.58. The molecule has 0 bridgehead atoms. The van der Waals surface area contributed by atoms with E-state index in [9.17, 15) is 8.42 Å². The molecule has 0 radical (unpaired) electrons. The number of fused-ring (bicyclic) bond motifs is 1. The number of aromatic amines is 1. The number of halogens is 1. The molecule has 160 valence electrons. The van der Waals surface area contributed by atoms with Crippen LogP contribution < -0.4 is 14.9 Å². The maximum absolute atomic E-state index is 11.8. The molecule has 30 heavy (non-hydrogen) atoms. The topological polar surface area (TPSA) is 77.2 Å². The number of benzene rings is 2. The molecule has 1 saturated heterocycles. The van der Waals surface area contributed by atoms with Crippen molar-refractivity contribution in [3.63, 3.8) is 0 Å². The van der Waals surface area contributed by atoms with Gasteiger partial charge in [-0.05, 0) is 62.2 Å². The van der Waals surface area contributed by atoms with E-state index >= 15 is 0 Å². The Morgan fingerprint density at radius 1 is 1.13 bits per heavy atom. The van der Waals surface area contributed by atoms with Gasteiger partial charge < -0.3 is 15.2 Å². The summed E-state index contributed by atoms with van der Waals surface area (Å²) in [7, 11) is -3.26. The minimum absolute atomic E-state index is 0.0672. The lowest BCUT2D eigenvalue weighted by Gasteiger charge is -2.34. The van der Waals surface area contributed by atoms with Gasteiger partial charge in [0.05, 0.1) is 11.4 Å². The third-order valence-corrected chi connectivity index (χ3v) is 7.12. The van der Waals surface area contributed by atoms with Crippen molar-refractivity contribution in [2.24, 2.45) is 0 Å². The number of H-pyrrole nitrogens is 1. The zero-order chi connectivity index (χ0) is 21.1. The zero-order valence-electron chi connectivity index (χ0n) is 17.0. The first-order valence-corrected chi connectivity index (χ1v) is 12.3. The van der Waals surface area contributed by atoms with E-state index in [0.717, 1.165) is 59.8 Å². The van der Waals surface area contributed by atoms with Crippen LogP contribution in [-0.4, -0.2) is 38.3 Å². The second-order valence-corrected chi connectivity index (χ2v) is 10.2. The van der Waals surface area contributed by atoms with Crippen molar-refractivity contribution in [3.8, 4) is 0 Å². The molecule has 3 N–H and O–H groups in total. The molecule has 1 aliphatic heterocycles. The van der Waals surface area contributed by atoms with Crippen molar-refractivity contribution in [1.82, 2.24) is 10.3 Å². The van der Waals surface area contributed by atoms with Crippen LogP contribution in [0.3, 0.4) is 0 Å². The van der Waals surface area contributed by atoms with E-state index < -0.39 is 10.0 Å². The summed E-state index contributed by atoms with van der Waals surface area (Å²) >= 11 is 6.07. The minimum atomic E-state index is -3.26. The smallest absolute Gasteiger partial charge is 0.232 e. The van der Waals surface area contributed by atoms with Crippen molar-refractivity contribution in [1.29, 1.82) is 0 Å². The van der Waals surface area contributed by atoms with Crippen LogP contribution in [0.5, 0.6) is 0 Å². The van der Waals surface area contributed by atoms with E-state index in [4.69, 9.17) is 11.6 Å². The second kappa shape index (κ2) is 8.88. The molecule has 1 aromatic heterocycles. The van der Waals surface area contributed by atoms with Crippen molar-refractivity contribution < 1.29 is 8.42 Å². The Kier molecular flexibility index (Phi) is 6.22. The van der Waals surface area contributed by atoms with E-state index in [1.54, 1.807) is 13.0 Å². The van der Waals surface area contributed by atoms with Crippen LogP contribution in [0.25, 0.3) is 10.9 Å². The average Bonchev–Trinajstić information content (AvgIpc) is 3.14. The molecule has 8 heteroatoms. The Hall–Kier alpha value is -2.22. The fraction of sp³-hybridized carbons (Fsp3) is 0.364. The van der Waals surface area contributed by atoms with Crippen LogP contribution in [0.1, 0.15) is 25.5 Å². The normalized spacial score (nSPS) is 15.6. The number of nitrogens with one attached hydrogen (secondary N) is 3. The molecule has 0 amide bonds. The fourth-order valence-electron chi connectivity index (χ4n) is 3.87. The highest BCUT2D eigenvalue weighted by molar-refractivity contribution is 7.92. The maximum Gasteiger partial charge on any atom is 0.232 e. The molecule has 2 heterocycles. The lowest BCUT2D eigenvalue weighted by molar-refractivity contribution is 0.412. The van der Waals surface area contributed by atoms with Crippen LogP contribution in [-0.2, 0) is 16.6 Å². The first-order chi connectivity index (χ1) is 14.4. The number of hydrogen-bond donors (Lipinski definition) is 3. The molecule has 6 nitrogen and oxygen atoms in total. The molecule has 0 spiro atoms. The highest BCUT2D eigenvalue weighted by atomic mass is 35.5. The van der Waals surface area contributed by atoms with Gasteiger partial charge in [0.15, 0.2) is 0 Å². The number of anilines is 2. The number of aromatic nitrogens is 1. The molecule has 0 unspecified atom stereocenters. The van der Waals surface area contributed by atoms with Crippen molar-refractivity contribution >= 4 is 43.9 Å². The molecular formula is C22H27ClN4O2S. The van der Waals surface area contributed by atoms with Crippen molar-refractivity contribution in [2.75, 3.05) is 28.5 Å². The Bertz CT molecular complexity index is 1120. The second-order valence-electron chi connectivity index (χ2n) is 7.72. The van der Waals surface area contributed by atoms with E-state index in [1.165, 1.54) is 0 Å². The highest BCUT2D eigenvalue weighted by Gasteiger charge is 2.20. The summed E-state index contributed by atoms with van der Waals surface area (Å²) in [5.41, 5.74) is 3.93. The molecule has 0 saturated carbocycles. The lowest BCUT2D eigenvalue weighted by Crippen LogP contribution is -2.42. The predicted octanol–water partition coefficient (Wildman–Crippen LogP) is 4.34. The van der Waals surface area contributed by atoms with Crippen LogP contribution in [0, 0.1) is 0 Å². The molecule has 1 aliphatic rings. The van der Waals surface area contributed by atoms with Crippen molar-refractivity contribution in [2.45, 2.75) is 32.4 Å². The number of piperidine rings is 1. The summed E-state index contributed by atoms with van der Waals surface area (Å²) < 4.78 is 26.3. The Balaban J connectivity index is 1.31. The molecular weight excluding hydrogens is 420 g/mol. The fourth-order valence-corrected chi connectivity index (χ4v) is 4.68. The summed E-state index contributed by atoms with van der Waals surface area (Å²) in [6.07, 6.45) is 2.08. The number of rotatable bonds is 7. The van der Waals surface area contributed by atoms with Crippen LogP contribution >= 0.6 is 11.6 Å². The van der Waals surface area contributed by atoms with Gasteiger partial charge in [-0.1, -0.05) is 17.7 Å². The standard InChI is InChI=1S/C22H27ClN4O2S/c1-2-30(28,29)26-19-4-3-5-21(14-19)27-10-8-18(9-11-27)24-15-20-13-16-12-17(23)6-7-22(16)25-20/h3-7,12-14,18,24-26H,2,8-11,15H2,1H3. The van der Waals surface area contributed by atoms with Gasteiger partial charge in [0, 0.05) is 53.0 Å². The van der Waals surface area contributed by atoms with Crippen LogP contribution in [0.2, 0.25) is 5.02 Å². The maximum atomic E-state index is 11.8. The lowest BCUT2D eigenvalue weighted by atomic mass is 10.0. The minimum Gasteiger partial charge on any atom is -0.371 e. The third kappa shape index (κ3) is 5.09. The monoisotopic (exact) mass is 446 g/mol. The molecule has 3 aromatic rings. The summed E-state index contributed by atoms with van der Waals surface area (Å²) in [5.74, 6) is 0.0672. The van der Waals surface area contributed by atoms with Gasteiger partial charge >= 0.3 is 0 Å². The summed E-state index contributed by atoms with van der Waals surface area (Å²) in [5, 5.41) is 5.54. The predicted molar refractivity (Wildman–Crippen MR) is 125 cm³/mol. The number of hydrogen-bond acceptors (Lipinski definition) is 4. The zero-order valence-corrected chi connectivity index (χ0v) is 18.6. The summed E-state index contributed by atoms with van der Waals surface area (Å²) in [6, 6.07) is 16.1. The van der Waals surface area contributed by atoms with E-state index in [0.29, 0.717) is 11.7 Å². The van der Waals surface area contributed by atoms with Gasteiger partial charge in [-0.2, -0.15) is 0 Å². The van der Waals surface area contributed by atoms with Gasteiger partial charge in [-0.25, -0.2) is 8.42 Å². The van der Waals surface area contributed by atoms with Crippen LogP contribution in [0.15, 0.2) is 48.5 Å². The SMILES string of the molecule is CCS(=O)(=O)Nc1cccc(N2CCC(NCc3cc4cc(Cl)ccc4[nH]3)CC2)c1. The average molecular weight is 447 g/mol. The van der Waals surface area contributed by atoms with Gasteiger partial charge in [0.2, 0.25) is 10.0 Å². The largest absolute Gasteiger partial charge is 0.371 e.